The Hall–Kier alpha value is -1.07. The molecule has 0 saturated carbocycles. The number of rotatable bonds is 7. The fourth-order valence-corrected chi connectivity index (χ4v) is 1.60. The molecule has 1 rings (SSSR count). The van der Waals surface area contributed by atoms with E-state index in [1.54, 1.807) is 7.11 Å². The molecule has 0 bridgehead atoms. The van der Waals surface area contributed by atoms with Crippen LogP contribution in [0.3, 0.4) is 0 Å². The zero-order valence-corrected chi connectivity index (χ0v) is 12.2. The molecule has 18 heavy (non-hydrogen) atoms. The molecule has 0 aromatic heterocycles. The Balaban J connectivity index is 2.27. The van der Waals surface area contributed by atoms with Crippen molar-refractivity contribution in [3.63, 3.8) is 0 Å². The van der Waals surface area contributed by atoms with Crippen LogP contribution in [0.5, 0.6) is 5.75 Å². The molecule has 0 aliphatic rings. The van der Waals surface area contributed by atoms with E-state index in [9.17, 15) is 4.79 Å². The summed E-state index contributed by atoms with van der Waals surface area (Å²) in [6.45, 7) is 3.26. The molecule has 100 valence electrons. The fraction of sp³-hybridized carbons (Fsp3) is 0.462. The Morgan fingerprint density at radius 3 is 2.89 bits per heavy atom. The van der Waals surface area contributed by atoms with Gasteiger partial charge in [-0.15, -0.1) is 0 Å². The van der Waals surface area contributed by atoms with E-state index in [1.165, 1.54) is 0 Å². The van der Waals surface area contributed by atoms with Gasteiger partial charge in [0, 0.05) is 24.7 Å². The molecule has 1 aromatic carbocycles. The van der Waals surface area contributed by atoms with Crippen molar-refractivity contribution in [2.24, 2.45) is 0 Å². The molecular formula is C13H18BrNO3. The molecule has 0 atom stereocenters. The highest BCUT2D eigenvalue weighted by Gasteiger charge is 2.03. The number of benzene rings is 1. The molecule has 0 aliphatic carbocycles. The summed E-state index contributed by atoms with van der Waals surface area (Å²) in [6.07, 6.45) is 0.805. The van der Waals surface area contributed by atoms with Crippen LogP contribution >= 0.6 is 15.9 Å². The van der Waals surface area contributed by atoms with Gasteiger partial charge in [0.05, 0.1) is 0 Å². The van der Waals surface area contributed by atoms with Gasteiger partial charge < -0.3 is 14.8 Å². The third kappa shape index (κ3) is 5.51. The number of carbonyl (C=O) groups is 1. The molecule has 1 amide bonds. The first-order chi connectivity index (χ1) is 8.63. The van der Waals surface area contributed by atoms with E-state index in [0.29, 0.717) is 18.9 Å². The number of carbonyl (C=O) groups excluding carboxylic acids is 1. The maximum absolute atomic E-state index is 11.4. The Bertz CT molecular complexity index is 396. The van der Waals surface area contributed by atoms with E-state index < -0.39 is 0 Å². The lowest BCUT2D eigenvalue weighted by atomic mass is 10.2. The lowest BCUT2D eigenvalue weighted by molar-refractivity contribution is -0.123. The van der Waals surface area contributed by atoms with Gasteiger partial charge in [-0.25, -0.2) is 0 Å². The topological polar surface area (TPSA) is 47.6 Å². The predicted octanol–water partition coefficient (Wildman–Crippen LogP) is 2.29. The van der Waals surface area contributed by atoms with E-state index in [1.807, 2.05) is 25.1 Å². The second kappa shape index (κ2) is 8.11. The minimum absolute atomic E-state index is 0.0358. The van der Waals surface area contributed by atoms with Gasteiger partial charge >= 0.3 is 0 Å². The molecule has 0 fully saturated rings. The number of ether oxygens (including phenoxy) is 2. The van der Waals surface area contributed by atoms with Gasteiger partial charge in [0.25, 0.3) is 5.91 Å². The zero-order valence-electron chi connectivity index (χ0n) is 10.7. The maximum atomic E-state index is 11.4. The number of halogens is 1. The lowest BCUT2D eigenvalue weighted by Crippen LogP contribution is -2.30. The normalized spacial score (nSPS) is 10.2. The van der Waals surface area contributed by atoms with Crippen molar-refractivity contribution in [1.82, 2.24) is 5.32 Å². The van der Waals surface area contributed by atoms with Crippen molar-refractivity contribution >= 4 is 21.8 Å². The van der Waals surface area contributed by atoms with E-state index in [-0.39, 0.29) is 12.5 Å². The van der Waals surface area contributed by atoms with Gasteiger partial charge in [0.15, 0.2) is 6.61 Å². The van der Waals surface area contributed by atoms with Crippen LogP contribution in [0.15, 0.2) is 22.7 Å². The van der Waals surface area contributed by atoms with Crippen molar-refractivity contribution in [3.05, 3.63) is 28.2 Å². The summed E-state index contributed by atoms with van der Waals surface area (Å²) in [5.74, 6) is 0.578. The molecule has 0 radical (unpaired) electrons. The Morgan fingerprint density at radius 1 is 1.44 bits per heavy atom. The SMILES string of the molecule is COCCCNC(=O)COc1ccc(Br)c(C)c1. The molecule has 4 nitrogen and oxygen atoms in total. The van der Waals surface area contributed by atoms with Crippen molar-refractivity contribution < 1.29 is 14.3 Å². The summed E-state index contributed by atoms with van der Waals surface area (Å²) in [7, 11) is 1.64. The second-order valence-electron chi connectivity index (χ2n) is 3.90. The van der Waals surface area contributed by atoms with Gasteiger partial charge in [-0.3, -0.25) is 4.79 Å². The van der Waals surface area contributed by atoms with Crippen molar-refractivity contribution in [2.45, 2.75) is 13.3 Å². The highest BCUT2D eigenvalue weighted by Crippen LogP contribution is 2.21. The van der Waals surface area contributed by atoms with Gasteiger partial charge in [-0.1, -0.05) is 15.9 Å². The largest absolute Gasteiger partial charge is 0.484 e. The first kappa shape index (κ1) is 15.0. The zero-order chi connectivity index (χ0) is 13.4. The van der Waals surface area contributed by atoms with Crippen LogP contribution in [0, 0.1) is 6.92 Å². The maximum Gasteiger partial charge on any atom is 0.257 e. The van der Waals surface area contributed by atoms with Crippen molar-refractivity contribution in [3.8, 4) is 5.75 Å². The molecule has 1 aromatic rings. The van der Waals surface area contributed by atoms with E-state index in [2.05, 4.69) is 21.2 Å². The Morgan fingerprint density at radius 2 is 2.22 bits per heavy atom. The Labute approximate surface area is 116 Å². The minimum Gasteiger partial charge on any atom is -0.484 e. The van der Waals surface area contributed by atoms with E-state index in [0.717, 1.165) is 16.5 Å². The highest BCUT2D eigenvalue weighted by atomic mass is 79.9. The summed E-state index contributed by atoms with van der Waals surface area (Å²) in [5, 5.41) is 2.76. The van der Waals surface area contributed by atoms with Crippen LogP contribution in [0.2, 0.25) is 0 Å². The summed E-state index contributed by atoms with van der Waals surface area (Å²) in [6, 6.07) is 5.62. The van der Waals surface area contributed by atoms with Gasteiger partial charge in [-0.2, -0.15) is 0 Å². The smallest absolute Gasteiger partial charge is 0.257 e. The molecule has 0 spiro atoms. The minimum atomic E-state index is -0.119. The van der Waals surface area contributed by atoms with Crippen LogP contribution < -0.4 is 10.1 Å². The van der Waals surface area contributed by atoms with Gasteiger partial charge in [-0.05, 0) is 37.1 Å². The quantitative estimate of drug-likeness (QED) is 0.785. The molecular weight excluding hydrogens is 298 g/mol. The molecule has 1 N–H and O–H groups in total. The first-order valence-corrected chi connectivity index (χ1v) is 6.57. The number of nitrogens with one attached hydrogen (secondary N) is 1. The number of hydrogen-bond donors (Lipinski definition) is 1. The standard InChI is InChI=1S/C13H18BrNO3/c1-10-8-11(4-5-12(10)14)18-9-13(16)15-6-3-7-17-2/h4-5,8H,3,6-7,9H2,1-2H3,(H,15,16). The first-order valence-electron chi connectivity index (χ1n) is 5.78. The molecule has 0 saturated heterocycles. The van der Waals surface area contributed by atoms with Crippen LogP contribution in [-0.4, -0.2) is 32.8 Å². The number of amides is 1. The predicted molar refractivity (Wildman–Crippen MR) is 73.9 cm³/mol. The second-order valence-corrected chi connectivity index (χ2v) is 4.75. The third-order valence-corrected chi connectivity index (χ3v) is 3.24. The molecule has 0 aliphatic heterocycles. The molecule has 0 unspecified atom stereocenters. The van der Waals surface area contributed by atoms with Crippen molar-refractivity contribution in [1.29, 1.82) is 0 Å². The van der Waals surface area contributed by atoms with Gasteiger partial charge in [0.2, 0.25) is 0 Å². The van der Waals surface area contributed by atoms with Crippen LogP contribution in [0.25, 0.3) is 0 Å². The number of methoxy groups -OCH3 is 1. The van der Waals surface area contributed by atoms with Crippen LogP contribution in [0.4, 0.5) is 0 Å². The average molecular weight is 316 g/mol. The fourth-order valence-electron chi connectivity index (χ4n) is 1.35. The summed E-state index contributed by atoms with van der Waals surface area (Å²) >= 11 is 3.41. The average Bonchev–Trinajstić information content (AvgIpc) is 2.36. The third-order valence-electron chi connectivity index (χ3n) is 2.35. The van der Waals surface area contributed by atoms with Crippen LogP contribution in [0.1, 0.15) is 12.0 Å². The number of hydrogen-bond acceptors (Lipinski definition) is 3. The van der Waals surface area contributed by atoms with E-state index >= 15 is 0 Å². The summed E-state index contributed by atoms with van der Waals surface area (Å²) in [5.41, 5.74) is 1.08. The molecule has 5 heteroatoms. The van der Waals surface area contributed by atoms with Crippen molar-refractivity contribution in [2.75, 3.05) is 26.9 Å². The Kier molecular flexibility index (Phi) is 6.75. The number of aryl methyl sites for hydroxylation is 1. The summed E-state index contributed by atoms with van der Waals surface area (Å²) in [4.78, 5) is 11.4. The monoisotopic (exact) mass is 315 g/mol. The van der Waals surface area contributed by atoms with Crippen LogP contribution in [-0.2, 0) is 9.53 Å². The van der Waals surface area contributed by atoms with E-state index in [4.69, 9.17) is 9.47 Å². The highest BCUT2D eigenvalue weighted by molar-refractivity contribution is 9.10. The summed E-state index contributed by atoms with van der Waals surface area (Å²) < 4.78 is 11.3. The lowest BCUT2D eigenvalue weighted by Gasteiger charge is -2.08. The molecule has 0 heterocycles. The van der Waals surface area contributed by atoms with Gasteiger partial charge in [0.1, 0.15) is 5.75 Å².